The van der Waals surface area contributed by atoms with Gasteiger partial charge in [0.05, 0.1) is 24.8 Å². The zero-order valence-corrected chi connectivity index (χ0v) is 16.9. The maximum absolute atomic E-state index is 12.9. The first-order valence-corrected chi connectivity index (χ1v) is 9.92. The first-order chi connectivity index (χ1) is 13.5. The molecule has 28 heavy (non-hydrogen) atoms. The quantitative estimate of drug-likeness (QED) is 0.771. The number of hydrogen-bond acceptors (Lipinski definition) is 5. The summed E-state index contributed by atoms with van der Waals surface area (Å²) in [4.78, 5) is 19.6. The second kappa shape index (κ2) is 9.66. The number of ether oxygens (including phenoxy) is 1. The standard InChI is InChI=1S/C22H30N4O2/c1-16(2)25-21-19(8-5-9-23-21)22(27)24-15-20(26-10-12-28-13-11-26)18-7-4-6-17(3)14-18/h4-9,14,16,20H,10-13,15H2,1-3H3,(H,23,25)(H,24,27). The smallest absolute Gasteiger partial charge is 0.255 e. The topological polar surface area (TPSA) is 66.5 Å². The molecule has 1 fully saturated rings. The van der Waals surface area contributed by atoms with Crippen molar-refractivity contribution in [3.05, 3.63) is 59.3 Å². The lowest BCUT2D eigenvalue weighted by Crippen LogP contribution is -2.44. The molecular formula is C22H30N4O2. The van der Waals surface area contributed by atoms with E-state index in [0.717, 1.165) is 26.3 Å². The summed E-state index contributed by atoms with van der Waals surface area (Å²) in [5.41, 5.74) is 3.01. The molecule has 1 amide bonds. The molecule has 2 N–H and O–H groups in total. The maximum atomic E-state index is 12.9. The van der Waals surface area contributed by atoms with Crippen LogP contribution in [-0.2, 0) is 4.74 Å². The lowest BCUT2D eigenvalue weighted by atomic mass is 10.0. The second-order valence-corrected chi connectivity index (χ2v) is 7.49. The van der Waals surface area contributed by atoms with Crippen molar-refractivity contribution in [2.24, 2.45) is 0 Å². The Morgan fingerprint density at radius 1 is 1.21 bits per heavy atom. The molecule has 1 aromatic heterocycles. The van der Waals surface area contributed by atoms with E-state index in [2.05, 4.69) is 51.7 Å². The maximum Gasteiger partial charge on any atom is 0.255 e. The molecule has 2 aromatic rings. The summed E-state index contributed by atoms with van der Waals surface area (Å²) in [5.74, 6) is 0.510. The summed E-state index contributed by atoms with van der Waals surface area (Å²) < 4.78 is 5.51. The number of anilines is 1. The van der Waals surface area contributed by atoms with Gasteiger partial charge in [-0.15, -0.1) is 0 Å². The summed E-state index contributed by atoms with van der Waals surface area (Å²) >= 11 is 0. The molecule has 1 aromatic carbocycles. The van der Waals surface area contributed by atoms with Crippen molar-refractivity contribution in [1.82, 2.24) is 15.2 Å². The highest BCUT2D eigenvalue weighted by atomic mass is 16.5. The lowest BCUT2D eigenvalue weighted by Gasteiger charge is -2.35. The molecule has 0 saturated carbocycles. The Morgan fingerprint density at radius 2 is 2.00 bits per heavy atom. The van der Waals surface area contributed by atoms with Gasteiger partial charge in [-0.1, -0.05) is 29.8 Å². The largest absolute Gasteiger partial charge is 0.379 e. The van der Waals surface area contributed by atoms with Crippen molar-refractivity contribution < 1.29 is 9.53 Å². The summed E-state index contributed by atoms with van der Waals surface area (Å²) in [6, 6.07) is 12.4. The Labute approximate surface area is 167 Å². The highest BCUT2D eigenvalue weighted by Crippen LogP contribution is 2.23. The molecule has 3 rings (SSSR count). The number of amides is 1. The third-order valence-corrected chi connectivity index (χ3v) is 4.85. The van der Waals surface area contributed by atoms with Crippen LogP contribution in [0.4, 0.5) is 5.82 Å². The summed E-state index contributed by atoms with van der Waals surface area (Å²) in [5, 5.41) is 6.37. The van der Waals surface area contributed by atoms with Crippen LogP contribution in [-0.4, -0.2) is 54.7 Å². The van der Waals surface area contributed by atoms with E-state index < -0.39 is 0 Å². The van der Waals surface area contributed by atoms with Gasteiger partial charge < -0.3 is 15.4 Å². The number of morpholine rings is 1. The third-order valence-electron chi connectivity index (χ3n) is 4.85. The van der Waals surface area contributed by atoms with E-state index in [1.807, 2.05) is 19.9 Å². The van der Waals surface area contributed by atoms with E-state index >= 15 is 0 Å². The Balaban J connectivity index is 1.75. The second-order valence-electron chi connectivity index (χ2n) is 7.49. The van der Waals surface area contributed by atoms with Crippen LogP contribution < -0.4 is 10.6 Å². The van der Waals surface area contributed by atoms with E-state index in [0.29, 0.717) is 17.9 Å². The zero-order chi connectivity index (χ0) is 19.9. The molecule has 6 heteroatoms. The first kappa shape index (κ1) is 20.3. The highest BCUT2D eigenvalue weighted by Gasteiger charge is 2.24. The number of hydrogen-bond donors (Lipinski definition) is 2. The van der Waals surface area contributed by atoms with E-state index in [-0.39, 0.29) is 18.0 Å². The molecule has 1 aliphatic rings. The third kappa shape index (κ3) is 5.30. The first-order valence-electron chi connectivity index (χ1n) is 9.92. The molecule has 1 saturated heterocycles. The minimum absolute atomic E-state index is 0.109. The van der Waals surface area contributed by atoms with Gasteiger partial charge in [-0.25, -0.2) is 4.98 Å². The number of carbonyl (C=O) groups is 1. The van der Waals surface area contributed by atoms with Crippen molar-refractivity contribution in [1.29, 1.82) is 0 Å². The molecule has 0 aliphatic carbocycles. The van der Waals surface area contributed by atoms with Crippen molar-refractivity contribution in [3.63, 3.8) is 0 Å². The molecule has 0 bridgehead atoms. The number of rotatable bonds is 7. The van der Waals surface area contributed by atoms with Gasteiger partial charge in [-0.3, -0.25) is 9.69 Å². The molecule has 150 valence electrons. The predicted octanol–water partition coefficient (Wildman–Crippen LogP) is 3.01. The van der Waals surface area contributed by atoms with Crippen molar-refractivity contribution >= 4 is 11.7 Å². The van der Waals surface area contributed by atoms with Crippen molar-refractivity contribution in [3.8, 4) is 0 Å². The van der Waals surface area contributed by atoms with Crippen LogP contribution in [0.25, 0.3) is 0 Å². The van der Waals surface area contributed by atoms with E-state index in [1.54, 1.807) is 12.3 Å². The molecule has 2 heterocycles. The highest BCUT2D eigenvalue weighted by molar-refractivity contribution is 5.98. The zero-order valence-electron chi connectivity index (χ0n) is 16.9. The van der Waals surface area contributed by atoms with E-state index in [1.165, 1.54) is 11.1 Å². The van der Waals surface area contributed by atoms with Crippen LogP contribution in [0.2, 0.25) is 0 Å². The predicted molar refractivity (Wildman–Crippen MR) is 112 cm³/mol. The number of aromatic nitrogens is 1. The monoisotopic (exact) mass is 382 g/mol. The normalized spacial score (nSPS) is 16.0. The minimum atomic E-state index is -0.109. The number of nitrogens with zero attached hydrogens (tertiary/aromatic N) is 2. The van der Waals surface area contributed by atoms with Crippen molar-refractivity contribution in [2.45, 2.75) is 32.9 Å². The van der Waals surface area contributed by atoms with Crippen LogP contribution in [0.1, 0.15) is 41.4 Å². The fourth-order valence-electron chi connectivity index (χ4n) is 3.49. The lowest BCUT2D eigenvalue weighted by molar-refractivity contribution is 0.0162. The molecule has 1 unspecified atom stereocenters. The van der Waals surface area contributed by atoms with Crippen LogP contribution in [0.15, 0.2) is 42.6 Å². The van der Waals surface area contributed by atoms with Gasteiger partial charge in [-0.2, -0.15) is 0 Å². The number of benzene rings is 1. The molecule has 6 nitrogen and oxygen atoms in total. The average molecular weight is 383 g/mol. The van der Waals surface area contributed by atoms with Gasteiger partial charge in [0.2, 0.25) is 0 Å². The molecule has 1 atom stereocenters. The van der Waals surface area contributed by atoms with E-state index in [9.17, 15) is 4.79 Å². The number of nitrogens with one attached hydrogen (secondary N) is 2. The number of carbonyl (C=O) groups excluding carboxylic acids is 1. The molecular weight excluding hydrogens is 352 g/mol. The Morgan fingerprint density at radius 3 is 2.71 bits per heavy atom. The molecule has 0 spiro atoms. The van der Waals surface area contributed by atoms with Crippen molar-refractivity contribution in [2.75, 3.05) is 38.2 Å². The molecule has 1 aliphatic heterocycles. The minimum Gasteiger partial charge on any atom is -0.379 e. The number of aryl methyl sites for hydroxylation is 1. The summed E-state index contributed by atoms with van der Waals surface area (Å²) in [6.45, 7) is 9.87. The van der Waals surface area contributed by atoms with Gasteiger partial charge in [0.15, 0.2) is 0 Å². The van der Waals surface area contributed by atoms with Crippen LogP contribution in [0, 0.1) is 6.92 Å². The van der Waals surface area contributed by atoms with Gasteiger partial charge in [0.25, 0.3) is 5.91 Å². The average Bonchev–Trinajstić information content (AvgIpc) is 2.69. The Kier molecular flexibility index (Phi) is 7.01. The van der Waals surface area contributed by atoms with Gasteiger partial charge in [0, 0.05) is 31.9 Å². The van der Waals surface area contributed by atoms with Gasteiger partial charge in [-0.05, 0) is 38.5 Å². The SMILES string of the molecule is Cc1cccc(C(CNC(=O)c2cccnc2NC(C)C)N2CCOCC2)c1. The fourth-order valence-corrected chi connectivity index (χ4v) is 3.49. The van der Waals surface area contributed by atoms with E-state index in [4.69, 9.17) is 4.74 Å². The fraction of sp³-hybridized carbons (Fsp3) is 0.455. The molecule has 0 radical (unpaired) electrons. The van der Waals surface area contributed by atoms with Crippen LogP contribution >= 0.6 is 0 Å². The summed E-state index contributed by atoms with van der Waals surface area (Å²) in [7, 11) is 0. The Bertz CT molecular complexity index is 788. The van der Waals surface area contributed by atoms with Gasteiger partial charge in [0.1, 0.15) is 5.82 Å². The Hall–Kier alpha value is -2.44. The number of pyridine rings is 1. The van der Waals surface area contributed by atoms with Crippen LogP contribution in [0.5, 0.6) is 0 Å². The van der Waals surface area contributed by atoms with Crippen LogP contribution in [0.3, 0.4) is 0 Å². The summed E-state index contributed by atoms with van der Waals surface area (Å²) in [6.07, 6.45) is 1.70. The van der Waals surface area contributed by atoms with Gasteiger partial charge >= 0.3 is 0 Å².